The molecule has 0 amide bonds. The van der Waals surface area contributed by atoms with Gasteiger partial charge in [-0.25, -0.2) is 4.98 Å². The maximum Gasteiger partial charge on any atom is 0.145 e. The summed E-state index contributed by atoms with van der Waals surface area (Å²) in [4.78, 5) is 5.09. The van der Waals surface area contributed by atoms with Crippen molar-refractivity contribution < 1.29 is 0 Å². The minimum absolute atomic E-state index is 0.949. The van der Waals surface area contributed by atoms with Crippen LogP contribution in [0.2, 0.25) is 13.1 Å². The molecule has 3 heterocycles. The molecule has 0 aliphatic carbocycles. The van der Waals surface area contributed by atoms with Gasteiger partial charge in [-0.1, -0.05) is 92.0 Å². The van der Waals surface area contributed by atoms with E-state index >= 15 is 0 Å². The second-order valence-corrected chi connectivity index (χ2v) is 16.3. The number of nitrogens with zero attached hydrogens (tertiary/aromatic N) is 3. The van der Waals surface area contributed by atoms with Crippen molar-refractivity contribution in [3.63, 3.8) is 0 Å². The van der Waals surface area contributed by atoms with Gasteiger partial charge in [-0.2, -0.15) is 0 Å². The standard InChI is InChI=1S/C39H29N3Si/c1-43(2)36-19-11-7-14-29(36)30-24-25-35-37(38(30)43)31-15-6-9-17-33(31)41(35)28-22-20-26(21-23-28)39-40-32-16-8-10-18-34(32)42(39)27-12-4-3-5-13-27/h3-25H,1-2H3. The Morgan fingerprint density at radius 3 is 2.02 bits per heavy atom. The minimum Gasteiger partial charge on any atom is -0.309 e. The Hall–Kier alpha value is -5.19. The average Bonchev–Trinajstić information content (AvgIpc) is 3.68. The van der Waals surface area contributed by atoms with Crippen molar-refractivity contribution >= 4 is 51.3 Å². The summed E-state index contributed by atoms with van der Waals surface area (Å²) in [5.74, 6) is 0.949. The van der Waals surface area contributed by atoms with Crippen LogP contribution in [0.3, 0.4) is 0 Å². The molecule has 4 heteroatoms. The van der Waals surface area contributed by atoms with Gasteiger partial charge in [0.15, 0.2) is 0 Å². The van der Waals surface area contributed by atoms with E-state index in [2.05, 4.69) is 162 Å². The fourth-order valence-electron chi connectivity index (χ4n) is 7.43. The largest absolute Gasteiger partial charge is 0.309 e. The predicted octanol–water partition coefficient (Wildman–Crippen LogP) is 8.59. The molecule has 0 saturated heterocycles. The number of imidazole rings is 1. The number of para-hydroxylation sites is 4. The Labute approximate surface area is 251 Å². The summed E-state index contributed by atoms with van der Waals surface area (Å²) in [7, 11) is -1.88. The molecule has 6 aromatic carbocycles. The van der Waals surface area contributed by atoms with E-state index in [9.17, 15) is 0 Å². The molecule has 1 aliphatic rings. The van der Waals surface area contributed by atoms with Crippen LogP contribution in [-0.2, 0) is 0 Å². The van der Waals surface area contributed by atoms with E-state index in [1.165, 1.54) is 32.9 Å². The molecule has 0 saturated carbocycles. The summed E-state index contributed by atoms with van der Waals surface area (Å²) in [5.41, 5.74) is 10.8. The van der Waals surface area contributed by atoms with Crippen molar-refractivity contribution in [2.75, 3.05) is 0 Å². The second-order valence-electron chi connectivity index (χ2n) is 12.0. The van der Waals surface area contributed by atoms with Gasteiger partial charge in [-0.05, 0) is 82.2 Å². The zero-order valence-corrected chi connectivity index (χ0v) is 25.1. The zero-order chi connectivity index (χ0) is 28.7. The molecular formula is C39H29N3Si. The number of benzene rings is 6. The van der Waals surface area contributed by atoms with Gasteiger partial charge in [-0.15, -0.1) is 0 Å². The van der Waals surface area contributed by atoms with E-state index < -0.39 is 8.07 Å². The van der Waals surface area contributed by atoms with Gasteiger partial charge in [0.1, 0.15) is 13.9 Å². The van der Waals surface area contributed by atoms with Crippen LogP contribution in [0, 0.1) is 0 Å². The molecule has 0 bridgehead atoms. The zero-order valence-electron chi connectivity index (χ0n) is 24.1. The molecule has 3 nitrogen and oxygen atoms in total. The third kappa shape index (κ3) is 3.38. The monoisotopic (exact) mass is 567 g/mol. The summed E-state index contributed by atoms with van der Waals surface area (Å²) >= 11 is 0. The summed E-state index contributed by atoms with van der Waals surface area (Å²) in [6, 6.07) is 50.5. The number of aromatic nitrogens is 3. The molecule has 0 spiro atoms. The van der Waals surface area contributed by atoms with Crippen molar-refractivity contribution in [1.29, 1.82) is 0 Å². The Morgan fingerprint density at radius 2 is 1.19 bits per heavy atom. The van der Waals surface area contributed by atoms with E-state index in [-0.39, 0.29) is 0 Å². The van der Waals surface area contributed by atoms with Crippen LogP contribution in [0.5, 0.6) is 0 Å². The van der Waals surface area contributed by atoms with Gasteiger partial charge in [0.25, 0.3) is 0 Å². The lowest BCUT2D eigenvalue weighted by atomic mass is 10.0. The minimum atomic E-state index is -1.88. The first-order valence-corrected chi connectivity index (χ1v) is 17.9. The Balaban J connectivity index is 1.25. The molecule has 0 fully saturated rings. The van der Waals surface area contributed by atoms with Crippen molar-refractivity contribution in [1.82, 2.24) is 14.1 Å². The Kier molecular flexibility index (Phi) is 5.05. The summed E-state index contributed by atoms with van der Waals surface area (Å²) < 4.78 is 4.71. The van der Waals surface area contributed by atoms with Gasteiger partial charge in [-0.3, -0.25) is 4.57 Å². The van der Waals surface area contributed by atoms with Crippen LogP contribution in [0.1, 0.15) is 0 Å². The van der Waals surface area contributed by atoms with Gasteiger partial charge in [0.2, 0.25) is 0 Å². The van der Waals surface area contributed by atoms with E-state index in [4.69, 9.17) is 4.98 Å². The van der Waals surface area contributed by atoms with Crippen LogP contribution in [0.25, 0.3) is 66.7 Å². The first-order valence-electron chi connectivity index (χ1n) is 14.9. The highest BCUT2D eigenvalue weighted by atomic mass is 28.3. The first kappa shape index (κ1) is 24.4. The molecule has 43 heavy (non-hydrogen) atoms. The van der Waals surface area contributed by atoms with Crippen molar-refractivity contribution in [3.8, 4) is 33.9 Å². The quantitative estimate of drug-likeness (QED) is 0.196. The van der Waals surface area contributed by atoms with Crippen molar-refractivity contribution in [3.05, 3.63) is 140 Å². The van der Waals surface area contributed by atoms with E-state index in [0.717, 1.165) is 33.8 Å². The van der Waals surface area contributed by atoms with Gasteiger partial charge >= 0.3 is 0 Å². The normalized spacial score (nSPS) is 13.5. The van der Waals surface area contributed by atoms with Crippen LogP contribution >= 0.6 is 0 Å². The highest BCUT2D eigenvalue weighted by Crippen LogP contribution is 2.38. The fourth-order valence-corrected chi connectivity index (χ4v) is 10.9. The Morgan fingerprint density at radius 1 is 0.512 bits per heavy atom. The molecule has 9 rings (SSSR count). The lowest BCUT2D eigenvalue weighted by molar-refractivity contribution is 1.10. The maximum atomic E-state index is 5.09. The third-order valence-corrected chi connectivity index (χ3v) is 12.9. The van der Waals surface area contributed by atoms with Gasteiger partial charge in [0, 0.05) is 27.7 Å². The van der Waals surface area contributed by atoms with Gasteiger partial charge in [0.05, 0.1) is 22.1 Å². The highest BCUT2D eigenvalue weighted by Gasteiger charge is 2.39. The topological polar surface area (TPSA) is 22.8 Å². The van der Waals surface area contributed by atoms with E-state index in [0.29, 0.717) is 0 Å². The summed E-state index contributed by atoms with van der Waals surface area (Å²) in [6.07, 6.45) is 0. The van der Waals surface area contributed by atoms with Crippen LogP contribution in [0.4, 0.5) is 0 Å². The van der Waals surface area contributed by atoms with E-state index in [1.54, 1.807) is 10.4 Å². The van der Waals surface area contributed by atoms with Crippen LogP contribution in [0.15, 0.2) is 140 Å². The van der Waals surface area contributed by atoms with Crippen LogP contribution in [-0.4, -0.2) is 22.2 Å². The smallest absolute Gasteiger partial charge is 0.145 e. The molecule has 0 unspecified atom stereocenters. The molecule has 0 radical (unpaired) electrons. The summed E-state index contributed by atoms with van der Waals surface area (Å²) in [6.45, 7) is 5.02. The Bertz CT molecular complexity index is 2360. The first-order chi connectivity index (χ1) is 21.1. The average molecular weight is 568 g/mol. The molecule has 2 aromatic heterocycles. The number of rotatable bonds is 3. The predicted molar refractivity (Wildman–Crippen MR) is 183 cm³/mol. The molecular weight excluding hydrogens is 539 g/mol. The lowest BCUT2D eigenvalue weighted by Crippen LogP contribution is -2.49. The fraction of sp³-hybridized carbons (Fsp3) is 0.0513. The highest BCUT2D eigenvalue weighted by molar-refractivity contribution is 7.05. The number of hydrogen-bond acceptors (Lipinski definition) is 1. The third-order valence-electron chi connectivity index (χ3n) is 9.31. The SMILES string of the molecule is C[Si]1(C)c2ccccc2-c2ccc3c(c21)c1ccccc1n3-c1ccc(-c2nc3ccccc3n2-c2ccccc2)cc1. The number of hydrogen-bond donors (Lipinski definition) is 0. The van der Waals surface area contributed by atoms with Gasteiger partial charge < -0.3 is 4.57 Å². The molecule has 0 atom stereocenters. The van der Waals surface area contributed by atoms with Crippen molar-refractivity contribution in [2.24, 2.45) is 0 Å². The molecule has 0 N–H and O–H groups in total. The van der Waals surface area contributed by atoms with Crippen LogP contribution < -0.4 is 10.4 Å². The van der Waals surface area contributed by atoms with E-state index in [1.807, 2.05) is 0 Å². The lowest BCUT2D eigenvalue weighted by Gasteiger charge is -2.20. The maximum absolute atomic E-state index is 5.09. The molecule has 1 aliphatic heterocycles. The molecule has 8 aromatic rings. The molecule has 204 valence electrons. The summed E-state index contributed by atoms with van der Waals surface area (Å²) in [5, 5.41) is 5.85. The van der Waals surface area contributed by atoms with Crippen molar-refractivity contribution in [2.45, 2.75) is 13.1 Å². The number of fused-ring (bicyclic) bond motifs is 8. The second kappa shape index (κ2) is 8.90.